The normalized spacial score (nSPS) is 10.3. The first-order valence-corrected chi connectivity index (χ1v) is 20.9. The Labute approximate surface area is 385 Å². The monoisotopic (exact) mass is 992 g/mol. The molecule has 0 radical (unpaired) electrons. The van der Waals surface area contributed by atoms with Crippen LogP contribution < -0.4 is 16.7 Å². The van der Waals surface area contributed by atoms with Crippen LogP contribution in [0.5, 0.6) is 0 Å². The molecule has 15 heteroatoms. The Bertz CT molecular complexity index is 3520. The maximum absolute atomic E-state index is 12.9. The summed E-state index contributed by atoms with van der Waals surface area (Å²) in [5.74, 6) is 9.23. The molecule has 0 aliphatic carbocycles. The number of fused-ring (bicyclic) bond motifs is 3. The molecule has 0 spiro atoms. The zero-order chi connectivity index (χ0) is 45.7. The van der Waals surface area contributed by atoms with E-state index >= 15 is 0 Å². The van der Waals surface area contributed by atoms with Crippen molar-refractivity contribution < 1.29 is 17.6 Å². The Morgan fingerprint density at radius 1 is 0.569 bits per heavy atom. The minimum absolute atomic E-state index is 0.0658. The summed E-state index contributed by atoms with van der Waals surface area (Å²) in [5.41, 5.74) is 3.82. The van der Waals surface area contributed by atoms with Crippen LogP contribution in [0, 0.1) is 35.8 Å². The standard InChI is InChI=1S/C21H13FN2O2.C13H9BrN2O2.C8H5BrN2O.C8H5F/c22-17-8-5-15(6-9-17)3-4-16-7-10-19-20(12-16)23-14-24(21(19)25)13-18-2-1-11-26-18;14-9-3-4-11-12(6-9)15-8-16(13(11)17)7-10-2-1-5-18-10;9-5-1-2-6-7(3-5)10-4-11-8(6)12;1-2-7-3-5-8(9)6-4-7/h1-2,5-12,14H,13H2;1-6,8H,7H2;1-4H,(H,10,11,12);1,3-6H. The first kappa shape index (κ1) is 45.1. The van der Waals surface area contributed by atoms with Gasteiger partial charge in [-0.25, -0.2) is 23.7 Å². The number of nitrogens with one attached hydrogen (secondary N) is 1. The van der Waals surface area contributed by atoms with Gasteiger partial charge in [0.1, 0.15) is 23.2 Å². The molecule has 5 aromatic carbocycles. The Balaban J connectivity index is 0.000000140. The Hall–Kier alpha value is -7.98. The Morgan fingerprint density at radius 2 is 1.03 bits per heavy atom. The summed E-state index contributed by atoms with van der Waals surface area (Å²) in [4.78, 5) is 51.2. The fourth-order valence-electron chi connectivity index (χ4n) is 6.00. The van der Waals surface area contributed by atoms with E-state index < -0.39 is 0 Å². The molecule has 0 amide bonds. The Kier molecular flexibility index (Phi) is 14.8. The first-order valence-electron chi connectivity index (χ1n) is 19.3. The molecule has 10 aromatic rings. The molecule has 5 heterocycles. The van der Waals surface area contributed by atoms with Gasteiger partial charge in [-0.2, -0.15) is 0 Å². The van der Waals surface area contributed by atoms with Gasteiger partial charge in [0, 0.05) is 25.6 Å². The average molecular weight is 995 g/mol. The van der Waals surface area contributed by atoms with E-state index in [-0.39, 0.29) is 28.3 Å². The predicted molar refractivity (Wildman–Crippen MR) is 252 cm³/mol. The molecule has 1 N–H and O–H groups in total. The fraction of sp³-hybridized carbons (Fsp3) is 0.0400. The van der Waals surface area contributed by atoms with Crippen molar-refractivity contribution in [1.29, 1.82) is 0 Å². The van der Waals surface area contributed by atoms with E-state index in [1.54, 1.807) is 85.6 Å². The quantitative estimate of drug-likeness (QED) is 0.172. The molecular weight excluding hydrogens is 962 g/mol. The minimum Gasteiger partial charge on any atom is -0.467 e. The number of hydrogen-bond donors (Lipinski definition) is 1. The molecule has 0 aliphatic heterocycles. The SMILES string of the molecule is C#Cc1ccc(F)cc1.O=c1[nH]cnc2cc(Br)ccc12.O=c1c2ccc(Br)cc2ncn1Cc1ccco1.O=c1c2ccc(C#Cc3ccc(F)cc3)cc2ncn1Cc1ccco1. The lowest BCUT2D eigenvalue weighted by molar-refractivity contribution is 0.489. The second kappa shape index (κ2) is 21.4. The summed E-state index contributed by atoms with van der Waals surface area (Å²) >= 11 is 6.66. The Morgan fingerprint density at radius 3 is 1.55 bits per heavy atom. The summed E-state index contributed by atoms with van der Waals surface area (Å²) in [6, 6.07) is 35.1. The summed E-state index contributed by atoms with van der Waals surface area (Å²) in [6.45, 7) is 0.728. The number of furan rings is 2. The molecule has 0 saturated carbocycles. The molecule has 10 rings (SSSR count). The van der Waals surface area contributed by atoms with E-state index in [9.17, 15) is 23.2 Å². The smallest absolute Gasteiger partial charge is 0.261 e. The predicted octanol–water partition coefficient (Wildman–Crippen LogP) is 9.87. The summed E-state index contributed by atoms with van der Waals surface area (Å²) in [6.07, 6.45) is 12.6. The van der Waals surface area contributed by atoms with Crippen molar-refractivity contribution >= 4 is 64.6 Å². The molecule has 0 saturated heterocycles. The third kappa shape index (κ3) is 12.1. The highest BCUT2D eigenvalue weighted by Crippen LogP contribution is 2.16. The van der Waals surface area contributed by atoms with Crippen LogP contribution in [0.15, 0.2) is 191 Å². The zero-order valence-electron chi connectivity index (χ0n) is 33.8. The average Bonchev–Trinajstić information content (AvgIpc) is 4.04. The highest BCUT2D eigenvalue weighted by atomic mass is 79.9. The number of rotatable bonds is 4. The molecule has 65 heavy (non-hydrogen) atoms. The number of benzene rings is 5. The number of nitrogens with zero attached hydrogens (tertiary/aromatic N) is 5. The van der Waals surface area contributed by atoms with E-state index in [2.05, 4.69) is 69.6 Å². The lowest BCUT2D eigenvalue weighted by atomic mass is 10.1. The van der Waals surface area contributed by atoms with Gasteiger partial charge in [-0.3, -0.25) is 23.5 Å². The number of terminal acetylenes is 1. The number of aromatic amines is 1. The number of aromatic nitrogens is 6. The number of halogens is 4. The minimum atomic E-state index is -0.295. The van der Waals surface area contributed by atoms with Crippen molar-refractivity contribution in [3.63, 3.8) is 0 Å². The number of H-pyrrole nitrogens is 1. The molecular formula is C50H32Br2F2N6O5. The van der Waals surface area contributed by atoms with E-state index in [1.807, 2.05) is 36.4 Å². The van der Waals surface area contributed by atoms with Crippen molar-refractivity contribution in [2.45, 2.75) is 13.1 Å². The maximum atomic E-state index is 12.9. The van der Waals surface area contributed by atoms with Gasteiger partial charge in [-0.1, -0.05) is 49.6 Å². The second-order valence-corrected chi connectivity index (χ2v) is 15.5. The molecule has 11 nitrogen and oxygen atoms in total. The van der Waals surface area contributed by atoms with Crippen LogP contribution in [-0.4, -0.2) is 29.1 Å². The van der Waals surface area contributed by atoms with Crippen LogP contribution in [0.1, 0.15) is 28.2 Å². The maximum Gasteiger partial charge on any atom is 0.261 e. The molecule has 0 unspecified atom stereocenters. The molecule has 0 bridgehead atoms. The highest BCUT2D eigenvalue weighted by Gasteiger charge is 2.08. The highest BCUT2D eigenvalue weighted by molar-refractivity contribution is 9.10. The van der Waals surface area contributed by atoms with Crippen molar-refractivity contribution in [3.05, 3.63) is 239 Å². The van der Waals surface area contributed by atoms with E-state index in [0.29, 0.717) is 62.7 Å². The molecule has 0 aliphatic rings. The third-order valence-corrected chi connectivity index (χ3v) is 10.2. The van der Waals surface area contributed by atoms with Crippen molar-refractivity contribution in [3.8, 4) is 24.2 Å². The van der Waals surface area contributed by atoms with E-state index in [4.69, 9.17) is 15.3 Å². The number of hydrogen-bond acceptors (Lipinski definition) is 8. The molecule has 0 fully saturated rings. The van der Waals surface area contributed by atoms with Gasteiger partial charge >= 0.3 is 0 Å². The van der Waals surface area contributed by atoms with E-state index in [0.717, 1.165) is 20.3 Å². The van der Waals surface area contributed by atoms with E-state index in [1.165, 1.54) is 46.1 Å². The van der Waals surface area contributed by atoms with Crippen LogP contribution in [0.2, 0.25) is 0 Å². The van der Waals surface area contributed by atoms with Gasteiger partial charge in [0.05, 0.1) is 77.3 Å². The topological polar surface area (TPSA) is 142 Å². The van der Waals surface area contributed by atoms with Gasteiger partial charge in [-0.05, 0) is 127 Å². The molecule has 0 atom stereocenters. The van der Waals surface area contributed by atoms with Gasteiger partial charge in [0.2, 0.25) is 0 Å². The van der Waals surface area contributed by atoms with Crippen LogP contribution in [0.4, 0.5) is 8.78 Å². The fourth-order valence-corrected chi connectivity index (χ4v) is 6.70. The third-order valence-electron chi connectivity index (χ3n) is 9.23. The van der Waals surface area contributed by atoms with Crippen LogP contribution in [-0.2, 0) is 13.1 Å². The van der Waals surface area contributed by atoms with Gasteiger partial charge < -0.3 is 13.8 Å². The second-order valence-electron chi connectivity index (χ2n) is 13.7. The summed E-state index contributed by atoms with van der Waals surface area (Å²) < 4.78 is 40.5. The lowest BCUT2D eigenvalue weighted by Gasteiger charge is -2.05. The van der Waals surface area contributed by atoms with Crippen molar-refractivity contribution in [1.82, 2.24) is 29.1 Å². The van der Waals surface area contributed by atoms with Crippen LogP contribution in [0.25, 0.3) is 32.7 Å². The van der Waals surface area contributed by atoms with Gasteiger partial charge in [0.15, 0.2) is 0 Å². The van der Waals surface area contributed by atoms with Gasteiger partial charge in [0.25, 0.3) is 16.7 Å². The van der Waals surface area contributed by atoms with Crippen LogP contribution in [0.3, 0.4) is 0 Å². The summed E-state index contributed by atoms with van der Waals surface area (Å²) in [7, 11) is 0. The zero-order valence-corrected chi connectivity index (χ0v) is 37.0. The molecule has 320 valence electrons. The van der Waals surface area contributed by atoms with Crippen molar-refractivity contribution in [2.24, 2.45) is 0 Å². The van der Waals surface area contributed by atoms with Crippen LogP contribution >= 0.6 is 31.9 Å². The lowest BCUT2D eigenvalue weighted by Crippen LogP contribution is -2.20. The largest absolute Gasteiger partial charge is 0.467 e. The summed E-state index contributed by atoms with van der Waals surface area (Å²) in [5, 5.41) is 1.74. The van der Waals surface area contributed by atoms with Gasteiger partial charge in [-0.15, -0.1) is 6.42 Å². The van der Waals surface area contributed by atoms with Crippen molar-refractivity contribution in [2.75, 3.05) is 0 Å². The molecule has 5 aromatic heterocycles. The first-order chi connectivity index (χ1) is 31.5.